The molecule has 0 aliphatic carbocycles. The second-order valence-corrected chi connectivity index (χ2v) is 9.44. The van der Waals surface area contributed by atoms with Gasteiger partial charge in [0.25, 0.3) is 5.69 Å². The maximum absolute atomic E-state index is 12.1. The Hall–Kier alpha value is -4.61. The van der Waals surface area contributed by atoms with Gasteiger partial charge in [-0.3, -0.25) is 19.9 Å². The summed E-state index contributed by atoms with van der Waals surface area (Å²) in [7, 11) is 1.47. The zero-order valence-corrected chi connectivity index (χ0v) is 22.1. The van der Waals surface area contributed by atoms with Crippen LogP contribution in [0.5, 0.6) is 0 Å². The average molecular weight is 543 g/mol. The van der Waals surface area contributed by atoms with Crippen LogP contribution in [0.4, 0.5) is 17.1 Å². The molecular formula is C28H26N6O4S. The lowest BCUT2D eigenvalue weighted by atomic mass is 10.00. The quantitative estimate of drug-likeness (QED) is 0.185. The third-order valence-corrected chi connectivity index (χ3v) is 6.87. The number of rotatable bonds is 8. The molecule has 0 spiro atoms. The highest BCUT2D eigenvalue weighted by Gasteiger charge is 2.42. The van der Waals surface area contributed by atoms with E-state index >= 15 is 0 Å². The van der Waals surface area contributed by atoms with Gasteiger partial charge in [0.05, 0.1) is 16.7 Å². The van der Waals surface area contributed by atoms with Crippen LogP contribution in [0.25, 0.3) is 5.69 Å². The Morgan fingerprint density at radius 2 is 1.90 bits per heavy atom. The number of nitrogens with zero attached hydrogens (tertiary/aromatic N) is 4. The molecule has 10 nitrogen and oxygen atoms in total. The van der Waals surface area contributed by atoms with Crippen molar-refractivity contribution in [3.63, 3.8) is 0 Å². The number of nitrogens with one attached hydrogen (secondary N) is 2. The van der Waals surface area contributed by atoms with Crippen molar-refractivity contribution in [1.29, 1.82) is 0 Å². The average Bonchev–Trinajstić information content (AvgIpc) is 3.55. The number of methoxy groups -OCH3 is 1. The molecule has 198 valence electrons. The standard InChI is InChI=1S/C28H26N6O4S/c1-18-16-21(12-13-22(18)30-25(35)17-38-2)33-27(26(31-28(33)39)23-6-3-4-14-29-23)24-7-5-15-32(24)19-8-10-20(11-9-19)34(36)37/h3-16,26-27H,17H2,1-2H3,(H,30,35)(H,31,39)/t26-,27+/m0/s1. The van der Waals surface area contributed by atoms with E-state index in [-0.39, 0.29) is 30.3 Å². The maximum Gasteiger partial charge on any atom is 0.269 e. The first kappa shape index (κ1) is 26.0. The van der Waals surface area contributed by atoms with Crippen LogP contribution in [0.1, 0.15) is 29.0 Å². The van der Waals surface area contributed by atoms with Crippen molar-refractivity contribution in [2.45, 2.75) is 19.0 Å². The molecule has 1 aliphatic rings. The van der Waals surface area contributed by atoms with Gasteiger partial charge in [-0.2, -0.15) is 0 Å². The van der Waals surface area contributed by atoms with Crippen molar-refractivity contribution < 1.29 is 14.5 Å². The summed E-state index contributed by atoms with van der Waals surface area (Å²) < 4.78 is 6.92. The van der Waals surface area contributed by atoms with Gasteiger partial charge in [0, 0.05) is 54.4 Å². The first-order valence-corrected chi connectivity index (χ1v) is 12.6. The molecule has 3 heterocycles. The predicted molar refractivity (Wildman–Crippen MR) is 152 cm³/mol. The van der Waals surface area contributed by atoms with E-state index in [1.807, 2.05) is 71.1 Å². The first-order chi connectivity index (χ1) is 18.9. The van der Waals surface area contributed by atoms with Gasteiger partial charge in [-0.1, -0.05) is 6.07 Å². The van der Waals surface area contributed by atoms with Crippen LogP contribution in [-0.4, -0.2) is 39.2 Å². The van der Waals surface area contributed by atoms with Crippen LogP contribution >= 0.6 is 12.2 Å². The first-order valence-electron chi connectivity index (χ1n) is 12.2. The van der Waals surface area contributed by atoms with Gasteiger partial charge in [0.2, 0.25) is 5.91 Å². The number of aryl methyl sites for hydroxylation is 1. The molecule has 0 saturated carbocycles. The fourth-order valence-corrected chi connectivity index (χ4v) is 5.14. The van der Waals surface area contributed by atoms with Crippen LogP contribution < -0.4 is 15.5 Å². The van der Waals surface area contributed by atoms with E-state index in [9.17, 15) is 14.9 Å². The summed E-state index contributed by atoms with van der Waals surface area (Å²) in [5.41, 5.74) is 4.94. The normalized spacial score (nSPS) is 16.7. The highest BCUT2D eigenvalue weighted by molar-refractivity contribution is 7.80. The molecule has 0 unspecified atom stereocenters. The predicted octanol–water partition coefficient (Wildman–Crippen LogP) is 4.85. The number of anilines is 2. The summed E-state index contributed by atoms with van der Waals surface area (Å²) in [6, 6.07) is 21.3. The number of aromatic nitrogens is 2. The van der Waals surface area contributed by atoms with Crippen molar-refractivity contribution in [3.05, 3.63) is 112 Å². The molecule has 2 aromatic carbocycles. The summed E-state index contributed by atoms with van der Waals surface area (Å²) in [6.45, 7) is 1.89. The molecule has 0 bridgehead atoms. The van der Waals surface area contributed by atoms with Gasteiger partial charge in [0.1, 0.15) is 12.6 Å². The molecule has 11 heteroatoms. The summed E-state index contributed by atoms with van der Waals surface area (Å²) in [6.07, 6.45) is 3.67. The van der Waals surface area contributed by atoms with Crippen LogP contribution in [-0.2, 0) is 9.53 Å². The van der Waals surface area contributed by atoms with E-state index in [0.29, 0.717) is 10.8 Å². The smallest absolute Gasteiger partial charge is 0.269 e. The number of pyridine rings is 1. The van der Waals surface area contributed by atoms with E-state index in [0.717, 1.165) is 28.3 Å². The molecule has 4 aromatic rings. The van der Waals surface area contributed by atoms with Crippen LogP contribution in [0.2, 0.25) is 0 Å². The zero-order valence-electron chi connectivity index (χ0n) is 21.3. The Kier molecular flexibility index (Phi) is 7.35. The summed E-state index contributed by atoms with van der Waals surface area (Å²) >= 11 is 5.85. The Morgan fingerprint density at radius 1 is 1.13 bits per heavy atom. The molecule has 1 aliphatic heterocycles. The number of thiocarbonyl (C=S) groups is 1. The number of carbonyl (C=O) groups is 1. The Labute approximate surface area is 230 Å². The number of nitro groups is 1. The number of benzene rings is 2. The van der Waals surface area contributed by atoms with E-state index in [1.165, 1.54) is 19.2 Å². The summed E-state index contributed by atoms with van der Waals surface area (Å²) in [5.74, 6) is -0.235. The van der Waals surface area contributed by atoms with Crippen molar-refractivity contribution in [3.8, 4) is 5.69 Å². The lowest BCUT2D eigenvalue weighted by Crippen LogP contribution is -2.30. The lowest BCUT2D eigenvalue weighted by Gasteiger charge is -2.29. The van der Waals surface area contributed by atoms with Gasteiger partial charge in [-0.15, -0.1) is 0 Å². The minimum atomic E-state index is -0.414. The van der Waals surface area contributed by atoms with Crippen LogP contribution in [0.15, 0.2) is 85.2 Å². The number of nitro benzene ring substituents is 1. The van der Waals surface area contributed by atoms with Gasteiger partial charge in [0.15, 0.2) is 5.11 Å². The number of ether oxygens (including phenoxy) is 1. The Morgan fingerprint density at radius 3 is 2.56 bits per heavy atom. The molecule has 0 radical (unpaired) electrons. The van der Waals surface area contributed by atoms with Crippen LogP contribution in [0, 0.1) is 17.0 Å². The molecule has 1 fully saturated rings. The molecule has 2 atom stereocenters. The second-order valence-electron chi connectivity index (χ2n) is 9.05. The summed E-state index contributed by atoms with van der Waals surface area (Å²) in [5, 5.41) is 18.0. The van der Waals surface area contributed by atoms with Crippen molar-refractivity contribution in [1.82, 2.24) is 14.9 Å². The van der Waals surface area contributed by atoms with E-state index in [1.54, 1.807) is 18.3 Å². The Balaban J connectivity index is 1.58. The minimum Gasteiger partial charge on any atom is -0.375 e. The number of non-ortho nitro benzene ring substituents is 1. The van der Waals surface area contributed by atoms with Gasteiger partial charge in [-0.25, -0.2) is 0 Å². The number of carbonyl (C=O) groups excluding carboxylic acids is 1. The molecular weight excluding hydrogens is 516 g/mol. The molecule has 2 N–H and O–H groups in total. The highest BCUT2D eigenvalue weighted by atomic mass is 32.1. The SMILES string of the molecule is COCC(=O)Nc1ccc(N2C(=S)N[C@@H](c3ccccn3)[C@H]2c2cccn2-c2ccc([N+](=O)[O-])cc2)cc1C. The topological polar surface area (TPSA) is 115 Å². The van der Waals surface area contributed by atoms with Gasteiger partial charge < -0.3 is 24.8 Å². The Bertz CT molecular complexity index is 1520. The van der Waals surface area contributed by atoms with Gasteiger partial charge >= 0.3 is 0 Å². The summed E-state index contributed by atoms with van der Waals surface area (Å²) in [4.78, 5) is 29.5. The largest absolute Gasteiger partial charge is 0.375 e. The lowest BCUT2D eigenvalue weighted by molar-refractivity contribution is -0.384. The maximum atomic E-state index is 12.1. The third-order valence-electron chi connectivity index (χ3n) is 6.56. The van der Waals surface area contributed by atoms with Crippen LogP contribution in [0.3, 0.4) is 0 Å². The molecule has 1 amide bonds. The van der Waals surface area contributed by atoms with E-state index in [2.05, 4.69) is 15.6 Å². The molecule has 1 saturated heterocycles. The van der Waals surface area contributed by atoms with Crippen molar-refractivity contribution >= 4 is 40.3 Å². The van der Waals surface area contributed by atoms with Gasteiger partial charge in [-0.05, 0) is 79.3 Å². The van der Waals surface area contributed by atoms with E-state index in [4.69, 9.17) is 17.0 Å². The van der Waals surface area contributed by atoms with Crippen molar-refractivity contribution in [2.75, 3.05) is 23.9 Å². The number of amides is 1. The van der Waals surface area contributed by atoms with Crippen molar-refractivity contribution in [2.24, 2.45) is 0 Å². The fraction of sp³-hybridized carbons (Fsp3) is 0.179. The zero-order chi connectivity index (χ0) is 27.5. The monoisotopic (exact) mass is 542 g/mol. The minimum absolute atomic E-state index is 0.0253. The molecule has 39 heavy (non-hydrogen) atoms. The fourth-order valence-electron chi connectivity index (χ4n) is 4.79. The number of hydrogen-bond acceptors (Lipinski definition) is 6. The second kappa shape index (κ2) is 11.0. The highest BCUT2D eigenvalue weighted by Crippen LogP contribution is 2.43. The number of hydrogen-bond donors (Lipinski definition) is 2. The third kappa shape index (κ3) is 5.22. The molecule has 5 rings (SSSR count). The van der Waals surface area contributed by atoms with E-state index < -0.39 is 4.92 Å². The molecule has 2 aromatic heterocycles.